The maximum atomic E-state index is 11.9. The van der Waals surface area contributed by atoms with E-state index in [2.05, 4.69) is 9.47 Å². The van der Waals surface area contributed by atoms with Crippen LogP contribution in [0.4, 0.5) is 0 Å². The summed E-state index contributed by atoms with van der Waals surface area (Å²) < 4.78 is 29.4. The molecule has 2 saturated heterocycles. The van der Waals surface area contributed by atoms with Crippen LogP contribution in [0.15, 0.2) is 60.7 Å². The molecule has 6 atom stereocenters. The van der Waals surface area contributed by atoms with Crippen molar-refractivity contribution in [1.82, 2.24) is 0 Å². The van der Waals surface area contributed by atoms with E-state index in [-0.39, 0.29) is 13.2 Å². The SMILES string of the molecule is COC(=O)[C@@H]1OC[C@@H](O)[C@H]1OC(=O)c1ccccc1.COC(=O)[C@@H]1OC[C@@H](OC(=O)c2ccccc2)[C@H]1O. The van der Waals surface area contributed by atoms with E-state index in [1.807, 2.05) is 0 Å². The lowest BCUT2D eigenvalue weighted by molar-refractivity contribution is -0.156. The van der Waals surface area contributed by atoms with Gasteiger partial charge in [0.05, 0.1) is 38.6 Å². The molecule has 0 saturated carbocycles. The van der Waals surface area contributed by atoms with Crippen LogP contribution in [-0.2, 0) is 38.0 Å². The van der Waals surface area contributed by atoms with Crippen LogP contribution in [-0.4, -0.2) is 98.1 Å². The Kier molecular flexibility index (Phi) is 10.3. The third-order valence-electron chi connectivity index (χ3n) is 5.64. The summed E-state index contributed by atoms with van der Waals surface area (Å²) in [5.74, 6) is -2.56. The Bertz CT molecular complexity index is 1090. The van der Waals surface area contributed by atoms with Crippen molar-refractivity contribution < 1.29 is 57.8 Å². The van der Waals surface area contributed by atoms with E-state index in [4.69, 9.17) is 18.9 Å². The maximum Gasteiger partial charge on any atom is 0.339 e. The number of ether oxygens (including phenoxy) is 6. The highest BCUT2D eigenvalue weighted by Gasteiger charge is 2.45. The summed E-state index contributed by atoms with van der Waals surface area (Å²) in [6.45, 7) is -0.119. The van der Waals surface area contributed by atoms with Crippen LogP contribution in [0.3, 0.4) is 0 Å². The molecule has 2 fully saturated rings. The predicted molar refractivity (Wildman–Crippen MR) is 127 cm³/mol. The Balaban J connectivity index is 0.000000211. The molecule has 0 aromatic heterocycles. The third kappa shape index (κ3) is 7.13. The average Bonchev–Trinajstić information content (AvgIpc) is 3.50. The van der Waals surface area contributed by atoms with Crippen molar-refractivity contribution in [3.8, 4) is 0 Å². The molecule has 0 bridgehead atoms. The van der Waals surface area contributed by atoms with E-state index in [0.717, 1.165) is 0 Å². The topological polar surface area (TPSA) is 164 Å². The molecule has 2 aromatic rings. The third-order valence-corrected chi connectivity index (χ3v) is 5.64. The first-order chi connectivity index (χ1) is 18.3. The van der Waals surface area contributed by atoms with E-state index in [1.54, 1.807) is 60.7 Å². The van der Waals surface area contributed by atoms with Gasteiger partial charge in [-0.05, 0) is 24.3 Å². The second-order valence-corrected chi connectivity index (χ2v) is 8.16. The number of esters is 4. The van der Waals surface area contributed by atoms with Gasteiger partial charge < -0.3 is 38.6 Å². The first-order valence-corrected chi connectivity index (χ1v) is 11.5. The zero-order valence-corrected chi connectivity index (χ0v) is 20.6. The number of aliphatic hydroxyl groups excluding tert-OH is 2. The zero-order chi connectivity index (χ0) is 27.7. The highest BCUT2D eigenvalue weighted by molar-refractivity contribution is 5.90. The maximum absolute atomic E-state index is 11.9. The minimum absolute atomic E-state index is 0.0422. The summed E-state index contributed by atoms with van der Waals surface area (Å²) >= 11 is 0. The van der Waals surface area contributed by atoms with Crippen molar-refractivity contribution in [2.75, 3.05) is 27.4 Å². The van der Waals surface area contributed by atoms with Crippen molar-refractivity contribution >= 4 is 23.9 Å². The molecule has 2 heterocycles. The molecule has 38 heavy (non-hydrogen) atoms. The van der Waals surface area contributed by atoms with Gasteiger partial charge in [0.1, 0.15) is 12.2 Å². The van der Waals surface area contributed by atoms with Gasteiger partial charge in [0.2, 0.25) is 0 Å². The molecule has 2 aliphatic rings. The van der Waals surface area contributed by atoms with Crippen LogP contribution in [0, 0.1) is 0 Å². The fourth-order valence-corrected chi connectivity index (χ4v) is 3.62. The van der Waals surface area contributed by atoms with Gasteiger partial charge >= 0.3 is 23.9 Å². The van der Waals surface area contributed by atoms with Crippen molar-refractivity contribution in [3.63, 3.8) is 0 Å². The lowest BCUT2D eigenvalue weighted by atomic mass is 10.1. The molecule has 4 rings (SSSR count). The van der Waals surface area contributed by atoms with Gasteiger partial charge in [0.25, 0.3) is 0 Å². The van der Waals surface area contributed by atoms with Crippen molar-refractivity contribution in [2.24, 2.45) is 0 Å². The Labute approximate surface area is 218 Å². The smallest absolute Gasteiger partial charge is 0.339 e. The molecule has 12 nitrogen and oxygen atoms in total. The second kappa shape index (κ2) is 13.6. The van der Waals surface area contributed by atoms with Crippen molar-refractivity contribution in [1.29, 1.82) is 0 Å². The van der Waals surface area contributed by atoms with E-state index in [0.29, 0.717) is 11.1 Å². The molecule has 2 N–H and O–H groups in total. The predicted octanol–water partition coefficient (Wildman–Crippen LogP) is 0.289. The van der Waals surface area contributed by atoms with Crippen LogP contribution < -0.4 is 0 Å². The summed E-state index contributed by atoms with van der Waals surface area (Å²) in [6.07, 6.45) is -6.40. The van der Waals surface area contributed by atoms with E-state index >= 15 is 0 Å². The van der Waals surface area contributed by atoms with Gasteiger partial charge in [-0.2, -0.15) is 0 Å². The standard InChI is InChI=1S/2C13H14O6/c1-17-13(16)11-10(14)9(7-18-11)19-12(15)8-5-3-2-4-6-8;1-17-13(16)11-10(9(14)7-18-11)19-12(15)8-5-3-2-4-6-8/h2*2-6,9-11,14H,7H2,1H3/t2*9-,10-,11-/m11/s1. The van der Waals surface area contributed by atoms with Crippen LogP contribution in [0.1, 0.15) is 20.7 Å². The van der Waals surface area contributed by atoms with Crippen LogP contribution in [0.2, 0.25) is 0 Å². The lowest BCUT2D eigenvalue weighted by Crippen LogP contribution is -2.40. The number of benzene rings is 2. The number of carbonyl (C=O) groups is 4. The number of aliphatic hydroxyl groups is 2. The Morgan fingerprint density at radius 1 is 0.711 bits per heavy atom. The molecule has 2 aliphatic heterocycles. The van der Waals surface area contributed by atoms with E-state index < -0.39 is 60.5 Å². The van der Waals surface area contributed by atoms with Gasteiger partial charge in [-0.25, -0.2) is 19.2 Å². The second-order valence-electron chi connectivity index (χ2n) is 8.16. The summed E-state index contributed by atoms with van der Waals surface area (Å²) in [6, 6.07) is 16.7. The summed E-state index contributed by atoms with van der Waals surface area (Å²) in [7, 11) is 2.40. The van der Waals surface area contributed by atoms with Gasteiger partial charge in [0, 0.05) is 0 Å². The fourth-order valence-electron chi connectivity index (χ4n) is 3.62. The first kappa shape index (κ1) is 28.7. The molecular formula is C26H28O12. The first-order valence-electron chi connectivity index (χ1n) is 11.5. The lowest BCUT2D eigenvalue weighted by Gasteiger charge is -2.19. The van der Waals surface area contributed by atoms with Crippen molar-refractivity contribution in [2.45, 2.75) is 36.6 Å². The number of methoxy groups -OCH3 is 2. The Hall–Kier alpha value is -3.84. The van der Waals surface area contributed by atoms with E-state index in [9.17, 15) is 29.4 Å². The van der Waals surface area contributed by atoms with Crippen LogP contribution >= 0.6 is 0 Å². The molecule has 0 spiro atoms. The molecule has 0 aliphatic carbocycles. The Morgan fingerprint density at radius 2 is 1.18 bits per heavy atom. The Morgan fingerprint density at radius 3 is 1.71 bits per heavy atom. The largest absolute Gasteiger partial charge is 0.467 e. The molecule has 12 heteroatoms. The average molecular weight is 532 g/mol. The van der Waals surface area contributed by atoms with Gasteiger partial charge in [-0.3, -0.25) is 0 Å². The summed E-state index contributed by atoms with van der Waals surface area (Å²) in [4.78, 5) is 46.4. The minimum atomic E-state index is -1.22. The summed E-state index contributed by atoms with van der Waals surface area (Å²) in [5.41, 5.74) is 0.710. The summed E-state index contributed by atoms with van der Waals surface area (Å²) in [5, 5.41) is 19.5. The van der Waals surface area contributed by atoms with Crippen molar-refractivity contribution in [3.05, 3.63) is 71.8 Å². The quantitative estimate of drug-likeness (QED) is 0.387. The molecular weight excluding hydrogens is 504 g/mol. The minimum Gasteiger partial charge on any atom is -0.467 e. The normalized spacial score (nSPS) is 25.9. The van der Waals surface area contributed by atoms with Gasteiger partial charge in [0.15, 0.2) is 24.4 Å². The zero-order valence-electron chi connectivity index (χ0n) is 20.6. The number of hydrogen-bond acceptors (Lipinski definition) is 12. The van der Waals surface area contributed by atoms with Gasteiger partial charge in [-0.1, -0.05) is 36.4 Å². The highest BCUT2D eigenvalue weighted by atomic mass is 16.6. The fraction of sp³-hybridized carbons (Fsp3) is 0.385. The molecule has 0 amide bonds. The van der Waals surface area contributed by atoms with Crippen LogP contribution in [0.25, 0.3) is 0 Å². The van der Waals surface area contributed by atoms with E-state index in [1.165, 1.54) is 14.2 Å². The van der Waals surface area contributed by atoms with Gasteiger partial charge in [-0.15, -0.1) is 0 Å². The monoisotopic (exact) mass is 532 g/mol. The molecule has 2 aromatic carbocycles. The number of carbonyl (C=O) groups excluding carboxylic acids is 4. The number of hydrogen-bond donors (Lipinski definition) is 2. The molecule has 0 radical (unpaired) electrons. The molecule has 204 valence electrons. The van der Waals surface area contributed by atoms with Crippen LogP contribution in [0.5, 0.6) is 0 Å². The number of rotatable bonds is 6. The highest BCUT2D eigenvalue weighted by Crippen LogP contribution is 2.21. The molecule has 0 unspecified atom stereocenters.